The summed E-state index contributed by atoms with van der Waals surface area (Å²) in [4.78, 5) is 27.9. The summed E-state index contributed by atoms with van der Waals surface area (Å²) in [6.45, 7) is 15.1. The lowest BCUT2D eigenvalue weighted by Gasteiger charge is -2.33. The fourth-order valence-corrected chi connectivity index (χ4v) is 4.74. The van der Waals surface area contributed by atoms with E-state index in [0.29, 0.717) is 12.1 Å². The van der Waals surface area contributed by atoms with Crippen molar-refractivity contribution in [2.45, 2.75) is 72.7 Å². The zero-order valence-electron chi connectivity index (χ0n) is 23.7. The summed E-state index contributed by atoms with van der Waals surface area (Å²) in [7, 11) is 0. The van der Waals surface area contributed by atoms with E-state index in [9.17, 15) is 19.8 Å². The van der Waals surface area contributed by atoms with Gasteiger partial charge in [-0.05, 0) is 37.5 Å². The quantitative estimate of drug-likeness (QED) is 0.155. The number of primary amides is 1. The topological polar surface area (TPSA) is 123 Å². The number of carbonyl (C=O) groups is 2. The van der Waals surface area contributed by atoms with Gasteiger partial charge in [0.25, 0.3) is 0 Å². The highest BCUT2D eigenvalue weighted by Gasteiger charge is 2.33. The molecule has 7 nitrogen and oxygen atoms in total. The van der Waals surface area contributed by atoms with E-state index in [1.807, 2.05) is 65.8 Å². The maximum absolute atomic E-state index is 12.2. The maximum atomic E-state index is 12.2. The number of nitrogens with zero attached hydrogens (tertiary/aromatic N) is 1. The van der Waals surface area contributed by atoms with Crippen LogP contribution in [0.15, 0.2) is 73.0 Å². The number of pyridine rings is 1. The number of allylic oxidation sites excluding steroid dienone is 4. The molecular weight excluding hydrogens is 480 g/mol. The molecule has 4 N–H and O–H groups in total. The number of aliphatic hydroxyl groups is 2. The van der Waals surface area contributed by atoms with E-state index < -0.39 is 24.4 Å². The molecule has 1 rings (SSSR count). The first-order chi connectivity index (χ1) is 17.9. The minimum Gasteiger partial charge on any atom is -0.445 e. The van der Waals surface area contributed by atoms with Gasteiger partial charge in [0.15, 0.2) is 5.78 Å². The second-order valence-corrected chi connectivity index (χ2v) is 10.5. The largest absolute Gasteiger partial charge is 0.445 e. The highest BCUT2D eigenvalue weighted by molar-refractivity contribution is 5.91. The molecular formula is C31H46N2O5. The third kappa shape index (κ3) is 11.6. The molecule has 0 bridgehead atoms. The van der Waals surface area contributed by atoms with E-state index in [4.69, 9.17) is 10.5 Å². The number of ketones is 1. The molecule has 38 heavy (non-hydrogen) atoms. The number of rotatable bonds is 16. The Morgan fingerprint density at radius 1 is 1.05 bits per heavy atom. The highest BCUT2D eigenvalue weighted by atomic mass is 16.6. The smallest absolute Gasteiger partial charge is 0.404 e. The molecule has 1 heterocycles. The van der Waals surface area contributed by atoms with Gasteiger partial charge in [-0.3, -0.25) is 9.78 Å². The molecule has 0 aromatic carbocycles. The van der Waals surface area contributed by atoms with Crippen molar-refractivity contribution in [2.75, 3.05) is 0 Å². The molecule has 1 amide bonds. The van der Waals surface area contributed by atoms with Gasteiger partial charge in [-0.15, -0.1) is 0 Å². The number of ether oxygens (including phenoxy) is 1. The third-order valence-electron chi connectivity index (χ3n) is 6.90. The first kappa shape index (κ1) is 33.0. The molecule has 1 aromatic heterocycles. The monoisotopic (exact) mass is 526 g/mol. The number of amides is 1. The maximum Gasteiger partial charge on any atom is 0.404 e. The number of aliphatic hydroxyl groups excluding tert-OH is 2. The van der Waals surface area contributed by atoms with Crippen LogP contribution >= 0.6 is 0 Å². The summed E-state index contributed by atoms with van der Waals surface area (Å²) in [5, 5.41) is 21.9. The van der Waals surface area contributed by atoms with E-state index in [1.165, 1.54) is 6.08 Å². The van der Waals surface area contributed by atoms with E-state index in [1.54, 1.807) is 30.5 Å². The molecule has 0 spiro atoms. The third-order valence-corrected chi connectivity index (χ3v) is 6.90. The van der Waals surface area contributed by atoms with Crippen LogP contribution < -0.4 is 5.73 Å². The summed E-state index contributed by atoms with van der Waals surface area (Å²) < 4.78 is 5.35. The SMILES string of the molecule is C=C/C=C\C(C)C(OC(N)=O)C(C)C(O)C(C)C/C(C)=C\C(C)C(O)C(C)/C=C\C(=O)Cc1ccccn1. The Bertz CT molecular complexity index is 972. The molecule has 0 saturated heterocycles. The van der Waals surface area contributed by atoms with Crippen LogP contribution in [-0.4, -0.2) is 45.4 Å². The van der Waals surface area contributed by atoms with E-state index in [2.05, 4.69) is 11.6 Å². The van der Waals surface area contributed by atoms with Crippen LogP contribution in [0.4, 0.5) is 4.79 Å². The van der Waals surface area contributed by atoms with Gasteiger partial charge in [0, 0.05) is 35.6 Å². The molecule has 8 atom stereocenters. The van der Waals surface area contributed by atoms with Crippen LogP contribution in [0.25, 0.3) is 0 Å². The van der Waals surface area contributed by atoms with Crippen molar-refractivity contribution in [3.8, 4) is 0 Å². The Balaban J connectivity index is 2.75. The molecule has 0 aliphatic carbocycles. The van der Waals surface area contributed by atoms with Gasteiger partial charge in [-0.25, -0.2) is 4.79 Å². The van der Waals surface area contributed by atoms with E-state index >= 15 is 0 Å². The van der Waals surface area contributed by atoms with Crippen molar-refractivity contribution in [1.29, 1.82) is 0 Å². The van der Waals surface area contributed by atoms with Crippen LogP contribution in [0.2, 0.25) is 0 Å². The molecule has 0 aliphatic rings. The second-order valence-electron chi connectivity index (χ2n) is 10.5. The van der Waals surface area contributed by atoms with Crippen LogP contribution in [0.5, 0.6) is 0 Å². The average molecular weight is 527 g/mol. The zero-order valence-corrected chi connectivity index (χ0v) is 23.7. The van der Waals surface area contributed by atoms with Gasteiger partial charge in [0.05, 0.1) is 18.6 Å². The second kappa shape index (κ2) is 16.7. The first-order valence-electron chi connectivity index (χ1n) is 13.3. The Hall–Kier alpha value is -3.03. The van der Waals surface area contributed by atoms with E-state index in [-0.39, 0.29) is 41.8 Å². The van der Waals surface area contributed by atoms with Crippen LogP contribution in [0, 0.1) is 29.6 Å². The molecule has 0 fully saturated rings. The Labute approximate surface area is 228 Å². The average Bonchev–Trinajstić information content (AvgIpc) is 2.87. The fourth-order valence-electron chi connectivity index (χ4n) is 4.74. The van der Waals surface area contributed by atoms with Crippen LogP contribution in [0.1, 0.15) is 53.7 Å². The van der Waals surface area contributed by atoms with Crippen molar-refractivity contribution in [3.63, 3.8) is 0 Å². The Morgan fingerprint density at radius 3 is 2.32 bits per heavy atom. The van der Waals surface area contributed by atoms with Crippen molar-refractivity contribution in [1.82, 2.24) is 4.98 Å². The van der Waals surface area contributed by atoms with Crippen LogP contribution in [0.3, 0.4) is 0 Å². The van der Waals surface area contributed by atoms with Gasteiger partial charge in [-0.1, -0.05) is 83.2 Å². The summed E-state index contributed by atoms with van der Waals surface area (Å²) >= 11 is 0. The molecule has 0 aliphatic heterocycles. The summed E-state index contributed by atoms with van der Waals surface area (Å²) in [5.74, 6) is -1.08. The van der Waals surface area contributed by atoms with Gasteiger partial charge in [0.2, 0.25) is 0 Å². The summed E-state index contributed by atoms with van der Waals surface area (Å²) in [5.41, 5.74) is 7.03. The lowest BCUT2D eigenvalue weighted by atomic mass is 9.81. The summed E-state index contributed by atoms with van der Waals surface area (Å²) in [6, 6.07) is 5.46. The lowest BCUT2D eigenvalue weighted by molar-refractivity contribution is -0.114. The Morgan fingerprint density at radius 2 is 1.74 bits per heavy atom. The minimum atomic E-state index is -0.874. The number of hydrogen-bond donors (Lipinski definition) is 3. The van der Waals surface area contributed by atoms with Gasteiger partial charge in [0.1, 0.15) is 6.10 Å². The fraction of sp³-hybridized carbons (Fsp3) is 0.516. The molecule has 210 valence electrons. The standard InChI is InChI=1S/C31H46N2O5/c1-8-9-12-22(4)30(38-31(32)37)25(7)29(36)24(6)18-20(2)17-23(5)28(35)21(3)14-15-27(34)19-26-13-10-11-16-33-26/h8-17,21-25,28-30,35-36H,1,18-19H2,2-7H3,(H2,32,37)/b12-9-,15-14-,20-17-. The number of nitrogens with two attached hydrogens (primary N) is 1. The first-order valence-corrected chi connectivity index (χ1v) is 13.3. The van der Waals surface area contributed by atoms with Crippen molar-refractivity contribution < 1.29 is 24.5 Å². The lowest BCUT2D eigenvalue weighted by Crippen LogP contribution is -2.41. The summed E-state index contributed by atoms with van der Waals surface area (Å²) in [6.07, 6.45) is 10.2. The molecule has 7 heteroatoms. The molecule has 1 aromatic rings. The molecule has 0 radical (unpaired) electrons. The van der Waals surface area contributed by atoms with Gasteiger partial charge in [-0.2, -0.15) is 0 Å². The Kier molecular flexibility index (Phi) is 14.5. The van der Waals surface area contributed by atoms with Gasteiger partial charge >= 0.3 is 6.09 Å². The normalized spacial score (nSPS) is 18.8. The number of carbonyl (C=O) groups excluding carboxylic acids is 2. The zero-order chi connectivity index (χ0) is 28.8. The number of hydrogen-bond acceptors (Lipinski definition) is 6. The predicted molar refractivity (Wildman–Crippen MR) is 152 cm³/mol. The minimum absolute atomic E-state index is 0.0630. The van der Waals surface area contributed by atoms with Crippen molar-refractivity contribution >= 4 is 11.9 Å². The van der Waals surface area contributed by atoms with Crippen LogP contribution in [-0.2, 0) is 16.0 Å². The van der Waals surface area contributed by atoms with Gasteiger partial charge < -0.3 is 20.7 Å². The molecule has 8 unspecified atom stereocenters. The van der Waals surface area contributed by atoms with Crippen molar-refractivity contribution in [3.05, 3.63) is 78.7 Å². The molecule has 0 saturated carbocycles. The number of aromatic nitrogens is 1. The highest BCUT2D eigenvalue weighted by Crippen LogP contribution is 2.29. The van der Waals surface area contributed by atoms with E-state index in [0.717, 1.165) is 5.57 Å². The van der Waals surface area contributed by atoms with Crippen molar-refractivity contribution in [2.24, 2.45) is 35.3 Å². The predicted octanol–water partition coefficient (Wildman–Crippen LogP) is 5.19.